The van der Waals surface area contributed by atoms with Gasteiger partial charge < -0.3 is 10.0 Å². The summed E-state index contributed by atoms with van der Waals surface area (Å²) in [5, 5.41) is 12.9. The van der Waals surface area contributed by atoms with Gasteiger partial charge in [0.15, 0.2) is 0 Å². The molecule has 2 rings (SSSR count). The second kappa shape index (κ2) is 5.36. The van der Waals surface area contributed by atoms with E-state index in [4.69, 9.17) is 0 Å². The Hall–Kier alpha value is -0.610. The van der Waals surface area contributed by atoms with Gasteiger partial charge in [-0.1, -0.05) is 6.92 Å². The van der Waals surface area contributed by atoms with E-state index >= 15 is 0 Å². The molecule has 0 aromatic carbocycles. The fraction of sp³-hybridized carbons (Fsp3) is 0.923. The van der Waals surface area contributed by atoms with Crippen molar-refractivity contribution in [3.63, 3.8) is 0 Å². The molecule has 1 unspecified atom stereocenters. The number of hydrogen-bond donors (Lipinski definition) is 2. The maximum atomic E-state index is 11.6. The normalized spacial score (nSPS) is 31.1. The molecule has 0 amide bonds. The number of rotatable bonds is 5. The van der Waals surface area contributed by atoms with Crippen LogP contribution in [0.15, 0.2) is 0 Å². The van der Waals surface area contributed by atoms with Gasteiger partial charge in [-0.05, 0) is 51.6 Å². The molecule has 4 heteroatoms. The minimum atomic E-state index is -0.650. The molecule has 1 saturated carbocycles. The van der Waals surface area contributed by atoms with Gasteiger partial charge in [0.2, 0.25) is 0 Å². The van der Waals surface area contributed by atoms with Crippen molar-refractivity contribution in [3.05, 3.63) is 0 Å². The van der Waals surface area contributed by atoms with Gasteiger partial charge in [0.25, 0.3) is 0 Å². The first-order chi connectivity index (χ1) is 8.16. The summed E-state index contributed by atoms with van der Waals surface area (Å²) in [6, 6.07) is 0.462. The van der Waals surface area contributed by atoms with Crippen molar-refractivity contribution in [1.82, 2.24) is 10.2 Å². The number of nitrogens with one attached hydrogen (secondary N) is 1. The summed E-state index contributed by atoms with van der Waals surface area (Å²) in [6.45, 7) is 5.24. The van der Waals surface area contributed by atoms with E-state index in [2.05, 4.69) is 17.1 Å². The predicted octanol–water partition coefficient (Wildman–Crippen LogP) is 1.46. The lowest BCUT2D eigenvalue weighted by molar-refractivity contribution is -0.145. The van der Waals surface area contributed by atoms with E-state index in [0.29, 0.717) is 6.04 Å². The van der Waals surface area contributed by atoms with E-state index in [-0.39, 0.29) is 0 Å². The summed E-state index contributed by atoms with van der Waals surface area (Å²) in [6.07, 6.45) is 5.96. The summed E-state index contributed by atoms with van der Waals surface area (Å²) >= 11 is 0. The molecule has 2 fully saturated rings. The Bertz CT molecular complexity index is 279. The summed E-state index contributed by atoms with van der Waals surface area (Å²) in [7, 11) is 0. The Morgan fingerprint density at radius 3 is 2.76 bits per heavy atom. The average molecular weight is 240 g/mol. The highest BCUT2D eigenvalue weighted by Crippen LogP contribution is 2.29. The summed E-state index contributed by atoms with van der Waals surface area (Å²) in [5.41, 5.74) is -0.649. The van der Waals surface area contributed by atoms with Gasteiger partial charge in [-0.25, -0.2) is 0 Å². The molecular formula is C13H24N2O2. The average Bonchev–Trinajstić information content (AvgIpc) is 3.09. The standard InChI is InChI=1S/C13H24N2O2/c1-2-8-15-9-3-6-13(7-10-15,12(16)17)14-11-4-5-11/h11,14H,2-10H2,1H3,(H,16,17). The number of aliphatic carboxylic acids is 1. The SMILES string of the molecule is CCCN1CCCC(NC2CC2)(C(=O)O)CC1. The monoisotopic (exact) mass is 240 g/mol. The number of carboxylic acids is 1. The van der Waals surface area contributed by atoms with Crippen LogP contribution in [0.3, 0.4) is 0 Å². The van der Waals surface area contributed by atoms with Crippen molar-refractivity contribution in [1.29, 1.82) is 0 Å². The number of likely N-dealkylation sites (tertiary alicyclic amines) is 1. The molecule has 0 aromatic heterocycles. The fourth-order valence-corrected chi connectivity index (χ4v) is 2.77. The minimum Gasteiger partial charge on any atom is -0.480 e. The van der Waals surface area contributed by atoms with Crippen LogP contribution in [0.2, 0.25) is 0 Å². The largest absolute Gasteiger partial charge is 0.480 e. The molecule has 2 aliphatic rings. The van der Waals surface area contributed by atoms with Crippen LogP contribution in [-0.2, 0) is 4.79 Å². The lowest BCUT2D eigenvalue weighted by atomic mass is 9.90. The molecule has 4 nitrogen and oxygen atoms in total. The molecule has 2 N–H and O–H groups in total. The van der Waals surface area contributed by atoms with Crippen LogP contribution in [0.5, 0.6) is 0 Å². The van der Waals surface area contributed by atoms with Crippen LogP contribution in [0, 0.1) is 0 Å². The molecule has 1 saturated heterocycles. The highest BCUT2D eigenvalue weighted by molar-refractivity contribution is 5.79. The quantitative estimate of drug-likeness (QED) is 0.764. The second-order valence-corrected chi connectivity index (χ2v) is 5.50. The van der Waals surface area contributed by atoms with E-state index < -0.39 is 11.5 Å². The van der Waals surface area contributed by atoms with Crippen LogP contribution >= 0.6 is 0 Å². The molecular weight excluding hydrogens is 216 g/mol. The van der Waals surface area contributed by atoms with Gasteiger partial charge in [-0.15, -0.1) is 0 Å². The van der Waals surface area contributed by atoms with Crippen LogP contribution in [0.1, 0.15) is 45.4 Å². The first-order valence-corrected chi connectivity index (χ1v) is 6.90. The number of carboxylic acid groups (broad SMARTS) is 1. The van der Waals surface area contributed by atoms with E-state index in [1.807, 2.05) is 0 Å². The molecule has 0 aromatic rings. The zero-order valence-corrected chi connectivity index (χ0v) is 10.7. The van der Waals surface area contributed by atoms with E-state index in [9.17, 15) is 9.90 Å². The fourth-order valence-electron chi connectivity index (χ4n) is 2.77. The molecule has 0 radical (unpaired) electrons. The molecule has 1 heterocycles. The van der Waals surface area contributed by atoms with Gasteiger partial charge in [-0.3, -0.25) is 10.1 Å². The molecule has 17 heavy (non-hydrogen) atoms. The molecule has 1 aliphatic heterocycles. The van der Waals surface area contributed by atoms with Gasteiger partial charge in [0, 0.05) is 12.6 Å². The molecule has 1 atom stereocenters. The van der Waals surface area contributed by atoms with Gasteiger partial charge >= 0.3 is 5.97 Å². The van der Waals surface area contributed by atoms with Crippen molar-refractivity contribution >= 4 is 5.97 Å². The van der Waals surface area contributed by atoms with E-state index in [1.54, 1.807) is 0 Å². The summed E-state index contributed by atoms with van der Waals surface area (Å²) < 4.78 is 0. The lowest BCUT2D eigenvalue weighted by Gasteiger charge is -2.29. The van der Waals surface area contributed by atoms with E-state index in [0.717, 1.165) is 58.2 Å². The van der Waals surface area contributed by atoms with Crippen molar-refractivity contribution < 1.29 is 9.90 Å². The molecule has 98 valence electrons. The first kappa shape index (κ1) is 12.8. The van der Waals surface area contributed by atoms with Crippen LogP contribution in [-0.4, -0.2) is 47.2 Å². The number of carbonyl (C=O) groups is 1. The predicted molar refractivity (Wildman–Crippen MR) is 67.1 cm³/mol. The Labute approximate surface area is 103 Å². The molecule has 0 spiro atoms. The Balaban J connectivity index is 1.98. The van der Waals surface area contributed by atoms with Crippen LogP contribution < -0.4 is 5.32 Å². The maximum Gasteiger partial charge on any atom is 0.323 e. The van der Waals surface area contributed by atoms with Crippen molar-refractivity contribution in [3.8, 4) is 0 Å². The first-order valence-electron chi connectivity index (χ1n) is 6.90. The van der Waals surface area contributed by atoms with Crippen LogP contribution in [0.4, 0.5) is 0 Å². The van der Waals surface area contributed by atoms with E-state index in [1.165, 1.54) is 0 Å². The summed E-state index contributed by atoms with van der Waals surface area (Å²) in [5.74, 6) is -0.650. The third kappa shape index (κ3) is 3.19. The van der Waals surface area contributed by atoms with Gasteiger partial charge in [0.05, 0.1) is 0 Å². The van der Waals surface area contributed by atoms with Crippen LogP contribution in [0.25, 0.3) is 0 Å². The Morgan fingerprint density at radius 2 is 2.18 bits per heavy atom. The topological polar surface area (TPSA) is 52.6 Å². The number of nitrogens with zero attached hydrogens (tertiary/aromatic N) is 1. The zero-order valence-electron chi connectivity index (χ0n) is 10.7. The third-order valence-electron chi connectivity index (χ3n) is 3.94. The second-order valence-electron chi connectivity index (χ2n) is 5.50. The maximum absolute atomic E-state index is 11.6. The van der Waals surface area contributed by atoms with Crippen molar-refractivity contribution in [2.45, 2.75) is 57.0 Å². The van der Waals surface area contributed by atoms with Crippen molar-refractivity contribution in [2.24, 2.45) is 0 Å². The number of hydrogen-bond acceptors (Lipinski definition) is 3. The Morgan fingerprint density at radius 1 is 1.41 bits per heavy atom. The van der Waals surface area contributed by atoms with Crippen molar-refractivity contribution in [2.75, 3.05) is 19.6 Å². The zero-order chi connectivity index (χ0) is 12.3. The van der Waals surface area contributed by atoms with Gasteiger partial charge in [0.1, 0.15) is 5.54 Å². The lowest BCUT2D eigenvalue weighted by Crippen LogP contribution is -2.53. The smallest absolute Gasteiger partial charge is 0.323 e. The highest BCUT2D eigenvalue weighted by atomic mass is 16.4. The summed E-state index contributed by atoms with van der Waals surface area (Å²) in [4.78, 5) is 14.0. The minimum absolute atomic E-state index is 0.462. The molecule has 0 bridgehead atoms. The third-order valence-corrected chi connectivity index (χ3v) is 3.94. The van der Waals surface area contributed by atoms with Gasteiger partial charge in [-0.2, -0.15) is 0 Å². The Kier molecular flexibility index (Phi) is 4.05. The molecule has 1 aliphatic carbocycles. The highest BCUT2D eigenvalue weighted by Gasteiger charge is 2.43.